The first kappa shape index (κ1) is 24.0. The summed E-state index contributed by atoms with van der Waals surface area (Å²) in [6, 6.07) is 20.7. The van der Waals surface area contributed by atoms with Crippen LogP contribution in [0.3, 0.4) is 0 Å². The molecule has 2 aromatic rings. The minimum atomic E-state index is -2.61. The quantitative estimate of drug-likeness (QED) is 0.461. The van der Waals surface area contributed by atoms with Gasteiger partial charge in [0.05, 0.1) is 13.2 Å². The average Bonchev–Trinajstić information content (AvgIpc) is 3.08. The van der Waals surface area contributed by atoms with Crippen LogP contribution >= 0.6 is 11.8 Å². The van der Waals surface area contributed by atoms with Crippen molar-refractivity contribution in [2.45, 2.75) is 86.9 Å². The van der Waals surface area contributed by atoms with Crippen LogP contribution in [0.15, 0.2) is 65.6 Å². The lowest BCUT2D eigenvalue weighted by molar-refractivity contribution is -0.0800. The van der Waals surface area contributed by atoms with Gasteiger partial charge in [-0.1, -0.05) is 102 Å². The van der Waals surface area contributed by atoms with Crippen LogP contribution in [-0.4, -0.2) is 38.9 Å². The molecule has 0 unspecified atom stereocenters. The van der Waals surface area contributed by atoms with Gasteiger partial charge in [-0.05, 0) is 17.7 Å². The van der Waals surface area contributed by atoms with E-state index in [1.165, 1.54) is 4.90 Å². The third-order valence-electron chi connectivity index (χ3n) is 6.28. The summed E-state index contributed by atoms with van der Waals surface area (Å²) in [5.41, 5.74) is 1.01. The molecule has 2 aliphatic heterocycles. The van der Waals surface area contributed by atoms with Crippen molar-refractivity contribution in [2.75, 3.05) is 6.61 Å². The highest BCUT2D eigenvalue weighted by atomic mass is 32.2. The first-order valence-electron chi connectivity index (χ1n) is 11.5. The van der Waals surface area contributed by atoms with E-state index < -0.39 is 8.56 Å². The first-order chi connectivity index (χ1) is 15.1. The summed E-state index contributed by atoms with van der Waals surface area (Å²) >= 11 is 1.71. The van der Waals surface area contributed by atoms with Gasteiger partial charge in [-0.3, -0.25) is 0 Å². The van der Waals surface area contributed by atoms with Crippen molar-refractivity contribution in [3.8, 4) is 0 Å². The van der Waals surface area contributed by atoms with Gasteiger partial charge >= 0.3 is 8.56 Å². The summed E-state index contributed by atoms with van der Waals surface area (Å²) in [5.74, 6) is 0. The molecule has 0 saturated carbocycles. The molecule has 4 nitrogen and oxygen atoms in total. The van der Waals surface area contributed by atoms with Crippen LogP contribution < -0.4 is 0 Å². The van der Waals surface area contributed by atoms with Crippen molar-refractivity contribution >= 4 is 20.3 Å². The Hall–Kier alpha value is -1.15. The molecular formula is C26H36O4SSi. The standard InChI is InChI=1S/C26H36O4SSi/c1-25(2,3)32(26(4,5)6)28-18-21-22(30-32)23(27-17-19-13-9-7-10-14-19)24(29-21)31-20-15-11-8-12-16-20/h7-16,21-24H,17-18H2,1-6H3/t21-,22-,23+,24-/m0/s1. The minimum Gasteiger partial charge on any atom is -0.391 e. The lowest BCUT2D eigenvalue weighted by atomic mass is 10.1. The minimum absolute atomic E-state index is 0.0785. The van der Waals surface area contributed by atoms with E-state index >= 15 is 0 Å². The summed E-state index contributed by atoms with van der Waals surface area (Å²) in [4.78, 5) is 1.17. The van der Waals surface area contributed by atoms with Gasteiger partial charge in [0.2, 0.25) is 0 Å². The van der Waals surface area contributed by atoms with E-state index in [2.05, 4.69) is 77.9 Å². The van der Waals surface area contributed by atoms with Crippen LogP contribution in [0.4, 0.5) is 0 Å². The Morgan fingerprint density at radius 3 is 2.09 bits per heavy atom. The first-order valence-corrected chi connectivity index (χ1v) is 14.1. The molecule has 0 aliphatic carbocycles. The second-order valence-corrected chi connectivity index (χ2v) is 16.7. The lowest BCUT2D eigenvalue weighted by Crippen LogP contribution is -2.65. The van der Waals surface area contributed by atoms with E-state index in [9.17, 15) is 0 Å². The molecule has 2 fully saturated rings. The maximum absolute atomic E-state index is 7.05. The molecule has 6 heteroatoms. The van der Waals surface area contributed by atoms with Crippen molar-refractivity contribution in [2.24, 2.45) is 0 Å². The highest BCUT2D eigenvalue weighted by Crippen LogP contribution is 2.56. The van der Waals surface area contributed by atoms with Crippen LogP contribution in [0.1, 0.15) is 47.1 Å². The molecule has 4 atom stereocenters. The number of rotatable bonds is 5. The molecular weight excluding hydrogens is 436 g/mol. The Labute approximate surface area is 198 Å². The van der Waals surface area contributed by atoms with Crippen LogP contribution in [0.25, 0.3) is 0 Å². The monoisotopic (exact) mass is 472 g/mol. The maximum Gasteiger partial charge on any atom is 0.349 e. The molecule has 0 radical (unpaired) electrons. The SMILES string of the molecule is CC(C)(C)[Si]1(C(C)(C)C)OC[C@@H]2O[C@@H](Sc3ccccc3)[C@H](OCc3ccccc3)[C@H]2O1. The Balaban J connectivity index is 1.62. The molecule has 0 N–H and O–H groups in total. The maximum atomic E-state index is 7.05. The van der Waals surface area contributed by atoms with Crippen molar-refractivity contribution < 1.29 is 18.3 Å². The van der Waals surface area contributed by atoms with Crippen LogP contribution in [0.5, 0.6) is 0 Å². The molecule has 0 aromatic heterocycles. The molecule has 2 aromatic carbocycles. The van der Waals surface area contributed by atoms with Gasteiger partial charge in [-0.15, -0.1) is 0 Å². The van der Waals surface area contributed by atoms with Crippen molar-refractivity contribution in [3.05, 3.63) is 66.2 Å². The van der Waals surface area contributed by atoms with E-state index in [0.717, 1.165) is 5.56 Å². The van der Waals surface area contributed by atoms with Gasteiger partial charge in [0, 0.05) is 15.0 Å². The smallest absolute Gasteiger partial charge is 0.349 e. The largest absolute Gasteiger partial charge is 0.391 e. The molecule has 0 spiro atoms. The third kappa shape index (κ3) is 4.72. The molecule has 0 amide bonds. The molecule has 2 saturated heterocycles. The summed E-state index contributed by atoms with van der Waals surface area (Å²) in [7, 11) is -2.61. The van der Waals surface area contributed by atoms with Crippen LogP contribution in [-0.2, 0) is 24.9 Å². The Kier molecular flexibility index (Phi) is 6.93. The van der Waals surface area contributed by atoms with Crippen LogP contribution in [0, 0.1) is 0 Å². The molecule has 32 heavy (non-hydrogen) atoms. The summed E-state index contributed by atoms with van der Waals surface area (Å²) < 4.78 is 26.8. The zero-order chi connectivity index (χ0) is 23.0. The number of fused-ring (bicyclic) bond motifs is 1. The highest BCUT2D eigenvalue weighted by Gasteiger charge is 2.65. The zero-order valence-corrected chi connectivity index (χ0v) is 21.9. The summed E-state index contributed by atoms with van der Waals surface area (Å²) in [6.45, 7) is 14.6. The van der Waals surface area contributed by atoms with Crippen molar-refractivity contribution in [1.29, 1.82) is 0 Å². The summed E-state index contributed by atoms with van der Waals surface area (Å²) in [5, 5.41) is -0.157. The molecule has 4 rings (SSSR count). The fourth-order valence-electron chi connectivity index (χ4n) is 4.98. The second kappa shape index (κ2) is 9.24. The van der Waals surface area contributed by atoms with Crippen molar-refractivity contribution in [1.82, 2.24) is 0 Å². The fourth-order valence-corrected chi connectivity index (χ4v) is 11.1. The molecule has 2 aliphatic rings. The normalized spacial score (nSPS) is 27.8. The van der Waals surface area contributed by atoms with Gasteiger partial charge in [0.25, 0.3) is 0 Å². The number of thioether (sulfide) groups is 1. The number of hydrogen-bond donors (Lipinski definition) is 0. The molecule has 0 bridgehead atoms. The van der Waals surface area contributed by atoms with Gasteiger partial charge in [0.1, 0.15) is 23.7 Å². The van der Waals surface area contributed by atoms with Crippen LogP contribution in [0.2, 0.25) is 10.1 Å². The fraction of sp³-hybridized carbons (Fsp3) is 0.538. The molecule has 174 valence electrons. The van der Waals surface area contributed by atoms with Gasteiger partial charge < -0.3 is 18.3 Å². The topological polar surface area (TPSA) is 36.9 Å². The van der Waals surface area contributed by atoms with E-state index in [4.69, 9.17) is 18.3 Å². The number of ether oxygens (including phenoxy) is 2. The highest BCUT2D eigenvalue weighted by molar-refractivity contribution is 7.99. The van der Waals surface area contributed by atoms with Crippen molar-refractivity contribution in [3.63, 3.8) is 0 Å². The zero-order valence-electron chi connectivity index (χ0n) is 20.0. The van der Waals surface area contributed by atoms with E-state index in [0.29, 0.717) is 13.2 Å². The predicted molar refractivity (Wildman–Crippen MR) is 132 cm³/mol. The Morgan fingerprint density at radius 2 is 1.50 bits per heavy atom. The Morgan fingerprint density at radius 1 is 0.906 bits per heavy atom. The van der Waals surface area contributed by atoms with E-state index in [-0.39, 0.29) is 33.8 Å². The Bertz CT molecular complexity index is 864. The predicted octanol–water partition coefficient (Wildman–Crippen LogP) is 6.55. The van der Waals surface area contributed by atoms with Gasteiger partial charge in [0.15, 0.2) is 0 Å². The lowest BCUT2D eigenvalue weighted by Gasteiger charge is -2.53. The van der Waals surface area contributed by atoms with Gasteiger partial charge in [-0.25, -0.2) is 0 Å². The second-order valence-electron chi connectivity index (χ2n) is 10.7. The molecule has 2 heterocycles. The summed E-state index contributed by atoms with van der Waals surface area (Å²) in [6.07, 6.45) is -0.438. The number of benzene rings is 2. The van der Waals surface area contributed by atoms with Gasteiger partial charge in [-0.2, -0.15) is 0 Å². The average molecular weight is 473 g/mol. The number of hydrogen-bond acceptors (Lipinski definition) is 5. The van der Waals surface area contributed by atoms with E-state index in [1.54, 1.807) is 11.8 Å². The van der Waals surface area contributed by atoms with E-state index in [1.807, 2.05) is 24.3 Å². The third-order valence-corrected chi connectivity index (χ3v) is 12.6.